The van der Waals surface area contributed by atoms with E-state index in [2.05, 4.69) is 19.1 Å². The molecule has 2 nitrogen and oxygen atoms in total. The van der Waals surface area contributed by atoms with E-state index in [1.807, 2.05) is 12.1 Å². The number of fused-ring (bicyclic) bond motifs is 1. The van der Waals surface area contributed by atoms with E-state index in [-0.39, 0.29) is 17.6 Å². The summed E-state index contributed by atoms with van der Waals surface area (Å²) in [5.74, 6) is 0.419. The van der Waals surface area contributed by atoms with E-state index in [0.29, 0.717) is 5.92 Å². The Bertz CT molecular complexity index is 440. The van der Waals surface area contributed by atoms with Crippen LogP contribution in [0.25, 0.3) is 0 Å². The van der Waals surface area contributed by atoms with E-state index < -0.39 is 0 Å². The Balaban J connectivity index is 1.79. The van der Waals surface area contributed by atoms with Gasteiger partial charge in [-0.3, -0.25) is 0 Å². The fourth-order valence-corrected chi connectivity index (χ4v) is 3.79. The van der Waals surface area contributed by atoms with Gasteiger partial charge in [0.15, 0.2) is 0 Å². The zero-order chi connectivity index (χ0) is 12.8. The van der Waals surface area contributed by atoms with E-state index in [1.54, 1.807) is 0 Å². The molecule has 1 aliphatic carbocycles. The summed E-state index contributed by atoms with van der Waals surface area (Å²) in [5, 5.41) is 10.5. The first-order valence-corrected chi connectivity index (χ1v) is 6.97. The Kier molecular flexibility index (Phi) is 2.92. The number of benzene rings is 1. The molecule has 2 aliphatic rings. The predicted molar refractivity (Wildman–Crippen MR) is 71.8 cm³/mol. The van der Waals surface area contributed by atoms with Crippen LogP contribution in [0.4, 0.5) is 0 Å². The molecular formula is C15H19ClO2. The molecule has 1 aliphatic heterocycles. The maximum absolute atomic E-state index is 9.76. The highest BCUT2D eigenvalue weighted by atomic mass is 35.5. The molecule has 0 radical (unpaired) electrons. The third-order valence-electron chi connectivity index (χ3n) is 5.00. The summed E-state index contributed by atoms with van der Waals surface area (Å²) in [6, 6.07) is 8.00. The maximum Gasteiger partial charge on any atom is 0.102 e. The van der Waals surface area contributed by atoms with Crippen LogP contribution >= 0.6 is 11.6 Å². The lowest BCUT2D eigenvalue weighted by Gasteiger charge is -2.55. The molecule has 0 spiro atoms. The molecule has 3 atom stereocenters. The van der Waals surface area contributed by atoms with E-state index >= 15 is 0 Å². The van der Waals surface area contributed by atoms with Gasteiger partial charge in [-0.2, -0.15) is 0 Å². The SMILES string of the molecule is C[C@@]12CCC(Cc3ccc(Cl)cc3)[C@]1(CO)OC2. The van der Waals surface area contributed by atoms with Crippen LogP contribution in [-0.4, -0.2) is 23.9 Å². The van der Waals surface area contributed by atoms with Crippen LogP contribution in [-0.2, 0) is 11.2 Å². The van der Waals surface area contributed by atoms with Gasteiger partial charge in [0.2, 0.25) is 0 Å². The fraction of sp³-hybridized carbons (Fsp3) is 0.600. The molecule has 1 heterocycles. The quantitative estimate of drug-likeness (QED) is 0.911. The minimum Gasteiger partial charge on any atom is -0.393 e. The fourth-order valence-electron chi connectivity index (χ4n) is 3.66. The average molecular weight is 267 g/mol. The van der Waals surface area contributed by atoms with E-state index in [9.17, 15) is 5.11 Å². The molecule has 1 aromatic rings. The van der Waals surface area contributed by atoms with E-state index in [4.69, 9.17) is 16.3 Å². The number of aliphatic hydroxyl groups excluding tert-OH is 1. The molecule has 3 heteroatoms. The molecule has 3 rings (SSSR count). The third kappa shape index (κ3) is 1.63. The summed E-state index contributed by atoms with van der Waals surface area (Å²) in [5.41, 5.74) is 1.16. The van der Waals surface area contributed by atoms with Crippen molar-refractivity contribution in [3.05, 3.63) is 34.9 Å². The standard InChI is InChI=1S/C15H19ClO2/c1-14-7-6-12(15(14,9-17)18-10-14)8-11-2-4-13(16)5-3-11/h2-5,12,17H,6-10H2,1H3/t12?,14-,15-/m0/s1. The van der Waals surface area contributed by atoms with Gasteiger partial charge in [0.25, 0.3) is 0 Å². The van der Waals surface area contributed by atoms with E-state index in [1.165, 1.54) is 5.56 Å². The van der Waals surface area contributed by atoms with Crippen molar-refractivity contribution >= 4 is 11.6 Å². The number of halogens is 1. The second-order valence-corrected chi connectivity index (χ2v) is 6.40. The molecule has 2 fully saturated rings. The van der Waals surface area contributed by atoms with Crippen LogP contribution in [0.15, 0.2) is 24.3 Å². The molecule has 1 N–H and O–H groups in total. The normalized spacial score (nSPS) is 38.3. The van der Waals surface area contributed by atoms with E-state index in [0.717, 1.165) is 30.9 Å². The van der Waals surface area contributed by atoms with Crippen LogP contribution < -0.4 is 0 Å². The minimum atomic E-state index is -0.299. The number of aliphatic hydroxyl groups is 1. The summed E-state index contributed by atoms with van der Waals surface area (Å²) < 4.78 is 5.83. The number of hydrogen-bond donors (Lipinski definition) is 1. The topological polar surface area (TPSA) is 29.5 Å². The number of hydrogen-bond acceptors (Lipinski definition) is 2. The largest absolute Gasteiger partial charge is 0.393 e. The second-order valence-electron chi connectivity index (χ2n) is 5.96. The van der Waals surface area contributed by atoms with Crippen LogP contribution in [0.2, 0.25) is 5.02 Å². The summed E-state index contributed by atoms with van der Waals surface area (Å²) in [6.07, 6.45) is 3.26. The summed E-state index contributed by atoms with van der Waals surface area (Å²) in [4.78, 5) is 0. The highest BCUT2D eigenvalue weighted by Gasteiger charge is 2.64. The Morgan fingerprint density at radius 1 is 1.39 bits per heavy atom. The van der Waals surface area contributed by atoms with Crippen LogP contribution in [0.5, 0.6) is 0 Å². The molecule has 18 heavy (non-hydrogen) atoms. The second kappa shape index (κ2) is 4.22. The molecular weight excluding hydrogens is 248 g/mol. The summed E-state index contributed by atoms with van der Waals surface area (Å²) >= 11 is 5.90. The lowest BCUT2D eigenvalue weighted by Crippen LogP contribution is -2.63. The lowest BCUT2D eigenvalue weighted by atomic mass is 9.68. The van der Waals surface area contributed by atoms with Crippen molar-refractivity contribution in [2.45, 2.75) is 31.8 Å². The van der Waals surface area contributed by atoms with Crippen LogP contribution in [0.3, 0.4) is 0 Å². The molecule has 1 aromatic carbocycles. The lowest BCUT2D eigenvalue weighted by molar-refractivity contribution is -0.275. The summed E-state index contributed by atoms with van der Waals surface area (Å²) in [6.45, 7) is 3.18. The third-order valence-corrected chi connectivity index (χ3v) is 5.26. The molecule has 98 valence electrons. The molecule has 1 saturated heterocycles. The highest BCUT2D eigenvalue weighted by Crippen LogP contribution is 2.59. The van der Waals surface area contributed by atoms with Crippen molar-refractivity contribution in [2.75, 3.05) is 13.2 Å². The monoisotopic (exact) mass is 266 g/mol. The van der Waals surface area contributed by atoms with Gasteiger partial charge in [0, 0.05) is 10.4 Å². The minimum absolute atomic E-state index is 0.141. The van der Waals surface area contributed by atoms with Crippen molar-refractivity contribution in [3.8, 4) is 0 Å². The first-order valence-electron chi connectivity index (χ1n) is 6.59. The van der Waals surface area contributed by atoms with Crippen LogP contribution in [0, 0.1) is 11.3 Å². The number of ether oxygens (including phenoxy) is 1. The van der Waals surface area contributed by atoms with Gasteiger partial charge in [0.05, 0.1) is 13.2 Å². The van der Waals surface area contributed by atoms with Gasteiger partial charge < -0.3 is 9.84 Å². The molecule has 0 amide bonds. The van der Waals surface area contributed by atoms with Gasteiger partial charge in [-0.15, -0.1) is 0 Å². The first kappa shape index (κ1) is 12.5. The summed E-state index contributed by atoms with van der Waals surface area (Å²) in [7, 11) is 0. The van der Waals surface area contributed by atoms with Gasteiger partial charge in [0.1, 0.15) is 5.60 Å². The smallest absolute Gasteiger partial charge is 0.102 e. The molecule has 1 saturated carbocycles. The maximum atomic E-state index is 9.76. The van der Waals surface area contributed by atoms with Crippen molar-refractivity contribution in [3.63, 3.8) is 0 Å². The first-order chi connectivity index (χ1) is 8.60. The predicted octanol–water partition coefficient (Wildman–Crippen LogP) is 3.06. The van der Waals surface area contributed by atoms with Crippen molar-refractivity contribution in [1.29, 1.82) is 0 Å². The van der Waals surface area contributed by atoms with Gasteiger partial charge >= 0.3 is 0 Å². The highest BCUT2D eigenvalue weighted by molar-refractivity contribution is 6.30. The number of rotatable bonds is 3. The van der Waals surface area contributed by atoms with Gasteiger partial charge in [-0.25, -0.2) is 0 Å². The van der Waals surface area contributed by atoms with Gasteiger partial charge in [-0.05, 0) is 42.9 Å². The van der Waals surface area contributed by atoms with Crippen LogP contribution in [0.1, 0.15) is 25.3 Å². The van der Waals surface area contributed by atoms with Gasteiger partial charge in [-0.1, -0.05) is 30.7 Å². The molecule has 0 bridgehead atoms. The van der Waals surface area contributed by atoms with Crippen molar-refractivity contribution in [2.24, 2.45) is 11.3 Å². The Morgan fingerprint density at radius 2 is 2.11 bits per heavy atom. The Labute approximate surface area is 113 Å². The van der Waals surface area contributed by atoms with Crippen molar-refractivity contribution < 1.29 is 9.84 Å². The molecule has 1 unspecified atom stereocenters. The zero-order valence-electron chi connectivity index (χ0n) is 10.7. The van der Waals surface area contributed by atoms with Crippen molar-refractivity contribution in [1.82, 2.24) is 0 Å². The zero-order valence-corrected chi connectivity index (χ0v) is 11.4. The average Bonchev–Trinajstić information content (AvgIpc) is 2.54. The molecule has 0 aromatic heterocycles. The Morgan fingerprint density at radius 3 is 2.67 bits per heavy atom. The Hall–Kier alpha value is -0.570.